The van der Waals surface area contributed by atoms with Crippen molar-refractivity contribution in [2.24, 2.45) is 5.10 Å². The summed E-state index contributed by atoms with van der Waals surface area (Å²) < 4.78 is 21.7. The zero-order valence-electron chi connectivity index (χ0n) is 15.5. The van der Waals surface area contributed by atoms with Crippen molar-refractivity contribution in [3.63, 3.8) is 0 Å². The van der Waals surface area contributed by atoms with Crippen LogP contribution in [0.1, 0.15) is 11.1 Å². The standard InChI is InChI=1S/C19H21BrN2O5/c1-24-15-6-5-12(8-16(15)25-2)10-18(23)22-21-11-13-7-14(20)19(27-4)17(9-13)26-3/h5-9,11H,10H2,1-4H3,(H,22,23)/b21-11-. The number of methoxy groups -OCH3 is 4. The molecule has 0 aromatic heterocycles. The number of amides is 1. The van der Waals surface area contributed by atoms with Crippen LogP contribution in [0.2, 0.25) is 0 Å². The van der Waals surface area contributed by atoms with Crippen LogP contribution in [-0.4, -0.2) is 40.6 Å². The zero-order valence-corrected chi connectivity index (χ0v) is 17.1. The van der Waals surface area contributed by atoms with Gasteiger partial charge >= 0.3 is 0 Å². The van der Waals surface area contributed by atoms with Crippen LogP contribution in [0.15, 0.2) is 39.9 Å². The Morgan fingerprint density at radius 2 is 1.70 bits per heavy atom. The molecule has 7 nitrogen and oxygen atoms in total. The Labute approximate surface area is 166 Å². The molecule has 0 fully saturated rings. The molecule has 0 atom stereocenters. The van der Waals surface area contributed by atoms with Crippen LogP contribution in [0.4, 0.5) is 0 Å². The fourth-order valence-corrected chi connectivity index (χ4v) is 3.03. The third kappa shape index (κ3) is 5.37. The zero-order chi connectivity index (χ0) is 19.8. The van der Waals surface area contributed by atoms with Gasteiger partial charge in [0, 0.05) is 0 Å². The molecule has 0 aliphatic rings. The van der Waals surface area contributed by atoms with Gasteiger partial charge in [-0.3, -0.25) is 4.79 Å². The van der Waals surface area contributed by atoms with E-state index < -0.39 is 0 Å². The molecule has 0 aliphatic heterocycles. The molecule has 0 heterocycles. The first-order chi connectivity index (χ1) is 13.0. The van der Waals surface area contributed by atoms with Crippen LogP contribution in [-0.2, 0) is 11.2 Å². The molecule has 0 saturated carbocycles. The minimum Gasteiger partial charge on any atom is -0.493 e. The van der Waals surface area contributed by atoms with Gasteiger partial charge in [-0.2, -0.15) is 5.10 Å². The number of hydrogen-bond acceptors (Lipinski definition) is 6. The van der Waals surface area contributed by atoms with Crippen LogP contribution in [0.25, 0.3) is 0 Å². The lowest BCUT2D eigenvalue weighted by molar-refractivity contribution is -0.120. The van der Waals surface area contributed by atoms with Crippen molar-refractivity contribution in [3.8, 4) is 23.0 Å². The maximum absolute atomic E-state index is 12.1. The summed E-state index contributed by atoms with van der Waals surface area (Å²) in [6.45, 7) is 0. The molecular weight excluding hydrogens is 416 g/mol. The van der Waals surface area contributed by atoms with Gasteiger partial charge in [-0.25, -0.2) is 5.43 Å². The SMILES string of the molecule is COc1ccc(CC(=O)N/N=C\c2cc(Br)c(OC)c(OC)c2)cc1OC. The second-order valence-corrected chi connectivity index (χ2v) is 6.25. The highest BCUT2D eigenvalue weighted by molar-refractivity contribution is 9.10. The average molecular weight is 437 g/mol. The van der Waals surface area contributed by atoms with Gasteiger partial charge in [-0.1, -0.05) is 6.07 Å². The molecular formula is C19H21BrN2O5. The highest BCUT2D eigenvalue weighted by Crippen LogP contribution is 2.35. The smallest absolute Gasteiger partial charge is 0.244 e. The molecule has 144 valence electrons. The van der Waals surface area contributed by atoms with E-state index >= 15 is 0 Å². The molecule has 1 N–H and O–H groups in total. The minimum absolute atomic E-state index is 0.160. The summed E-state index contributed by atoms with van der Waals surface area (Å²) in [6, 6.07) is 8.88. The number of carbonyl (C=O) groups excluding carboxylic acids is 1. The van der Waals surface area contributed by atoms with Gasteiger partial charge in [-0.15, -0.1) is 0 Å². The van der Waals surface area contributed by atoms with Crippen molar-refractivity contribution in [3.05, 3.63) is 45.9 Å². The van der Waals surface area contributed by atoms with Gasteiger partial charge in [0.15, 0.2) is 23.0 Å². The summed E-state index contributed by atoms with van der Waals surface area (Å²) in [5, 5.41) is 3.99. The van der Waals surface area contributed by atoms with Crippen LogP contribution in [0.3, 0.4) is 0 Å². The number of nitrogens with zero attached hydrogens (tertiary/aromatic N) is 1. The summed E-state index contributed by atoms with van der Waals surface area (Å²) in [6.07, 6.45) is 1.69. The fourth-order valence-electron chi connectivity index (χ4n) is 2.41. The third-order valence-electron chi connectivity index (χ3n) is 3.67. The first-order valence-corrected chi connectivity index (χ1v) is 8.76. The topological polar surface area (TPSA) is 78.4 Å². The van der Waals surface area contributed by atoms with Gasteiger partial charge in [0.25, 0.3) is 0 Å². The van der Waals surface area contributed by atoms with E-state index in [-0.39, 0.29) is 12.3 Å². The predicted molar refractivity (Wildman–Crippen MR) is 106 cm³/mol. The Hall–Kier alpha value is -2.74. The van der Waals surface area contributed by atoms with E-state index in [2.05, 4.69) is 26.5 Å². The van der Waals surface area contributed by atoms with Crippen molar-refractivity contribution in [2.45, 2.75) is 6.42 Å². The number of nitrogens with one attached hydrogen (secondary N) is 1. The molecule has 27 heavy (non-hydrogen) atoms. The number of ether oxygens (including phenoxy) is 4. The van der Waals surface area contributed by atoms with Crippen molar-refractivity contribution < 1.29 is 23.7 Å². The Morgan fingerprint density at radius 3 is 2.33 bits per heavy atom. The largest absolute Gasteiger partial charge is 0.493 e. The molecule has 0 unspecified atom stereocenters. The minimum atomic E-state index is -0.252. The van der Waals surface area contributed by atoms with Crippen molar-refractivity contribution in [1.82, 2.24) is 5.43 Å². The third-order valence-corrected chi connectivity index (χ3v) is 4.26. The van der Waals surface area contributed by atoms with E-state index in [4.69, 9.17) is 18.9 Å². The van der Waals surface area contributed by atoms with Gasteiger partial charge in [0.2, 0.25) is 5.91 Å². The number of hydrogen-bond donors (Lipinski definition) is 1. The van der Waals surface area contributed by atoms with Crippen molar-refractivity contribution >= 4 is 28.1 Å². The molecule has 0 radical (unpaired) electrons. The van der Waals surface area contributed by atoms with E-state index in [0.29, 0.717) is 23.0 Å². The summed E-state index contributed by atoms with van der Waals surface area (Å²) in [7, 11) is 6.22. The van der Waals surface area contributed by atoms with Crippen LogP contribution < -0.4 is 24.4 Å². The number of rotatable bonds is 8. The number of benzene rings is 2. The second kappa shape index (κ2) is 9.82. The van der Waals surface area contributed by atoms with Crippen LogP contribution >= 0.6 is 15.9 Å². The molecule has 2 aromatic carbocycles. The van der Waals surface area contributed by atoms with Crippen LogP contribution in [0, 0.1) is 0 Å². The van der Waals surface area contributed by atoms with E-state index in [1.807, 2.05) is 6.07 Å². The molecule has 8 heteroatoms. The van der Waals surface area contributed by atoms with E-state index in [1.54, 1.807) is 52.7 Å². The van der Waals surface area contributed by atoms with Gasteiger partial charge in [0.05, 0.1) is 45.5 Å². The van der Waals surface area contributed by atoms with E-state index in [9.17, 15) is 4.79 Å². The molecule has 0 bridgehead atoms. The first kappa shape index (κ1) is 20.6. The quantitative estimate of drug-likeness (QED) is 0.507. The Morgan fingerprint density at radius 1 is 1.00 bits per heavy atom. The molecule has 0 aliphatic carbocycles. The Kier molecular flexibility index (Phi) is 7.48. The fraction of sp³-hybridized carbons (Fsp3) is 0.263. The lowest BCUT2D eigenvalue weighted by Gasteiger charge is -2.10. The monoisotopic (exact) mass is 436 g/mol. The van der Waals surface area contributed by atoms with E-state index in [1.165, 1.54) is 6.21 Å². The highest BCUT2D eigenvalue weighted by atomic mass is 79.9. The lowest BCUT2D eigenvalue weighted by atomic mass is 10.1. The Bertz CT molecular complexity index is 839. The maximum Gasteiger partial charge on any atom is 0.244 e. The molecule has 2 aromatic rings. The van der Waals surface area contributed by atoms with E-state index in [0.717, 1.165) is 15.6 Å². The maximum atomic E-state index is 12.1. The summed E-state index contributed by atoms with van der Waals surface area (Å²) in [4.78, 5) is 12.1. The number of halogens is 1. The summed E-state index contributed by atoms with van der Waals surface area (Å²) in [5.74, 6) is 2.08. The molecule has 1 amide bonds. The van der Waals surface area contributed by atoms with Gasteiger partial charge in [-0.05, 0) is 51.3 Å². The highest BCUT2D eigenvalue weighted by Gasteiger charge is 2.10. The average Bonchev–Trinajstić information content (AvgIpc) is 2.67. The number of hydrazone groups is 1. The van der Waals surface area contributed by atoms with Crippen molar-refractivity contribution in [1.29, 1.82) is 0 Å². The predicted octanol–water partition coefficient (Wildman–Crippen LogP) is 3.18. The second-order valence-electron chi connectivity index (χ2n) is 5.40. The molecule has 2 rings (SSSR count). The Balaban J connectivity index is 2.02. The molecule has 0 saturated heterocycles. The van der Waals surface area contributed by atoms with Gasteiger partial charge in [0.1, 0.15) is 0 Å². The summed E-state index contributed by atoms with van der Waals surface area (Å²) >= 11 is 3.41. The molecule has 0 spiro atoms. The lowest BCUT2D eigenvalue weighted by Crippen LogP contribution is -2.19. The van der Waals surface area contributed by atoms with Crippen molar-refractivity contribution in [2.75, 3.05) is 28.4 Å². The van der Waals surface area contributed by atoms with Crippen LogP contribution in [0.5, 0.6) is 23.0 Å². The first-order valence-electron chi connectivity index (χ1n) is 7.96. The van der Waals surface area contributed by atoms with Gasteiger partial charge < -0.3 is 18.9 Å². The normalized spacial score (nSPS) is 10.6. The number of carbonyl (C=O) groups is 1. The summed E-state index contributed by atoms with van der Waals surface area (Å²) in [5.41, 5.74) is 4.03.